The van der Waals surface area contributed by atoms with Crippen molar-refractivity contribution in [2.24, 2.45) is 0 Å². The number of ketones is 2. The van der Waals surface area contributed by atoms with E-state index in [0.717, 1.165) is 64.5 Å². The van der Waals surface area contributed by atoms with Crippen molar-refractivity contribution in [1.29, 1.82) is 0 Å². The summed E-state index contributed by atoms with van der Waals surface area (Å²) in [5, 5.41) is 6.08. The summed E-state index contributed by atoms with van der Waals surface area (Å²) in [5.41, 5.74) is 8.00. The molecule has 0 spiro atoms. The molecule has 6 heteroatoms. The number of aryl methyl sites for hydroxylation is 6. The first-order chi connectivity index (χ1) is 30.0. The number of hydrogen-bond donors (Lipinski definition) is 0. The molecule has 304 valence electrons. The minimum absolute atomic E-state index is 0.217. The molecule has 4 nitrogen and oxygen atoms in total. The summed E-state index contributed by atoms with van der Waals surface area (Å²) in [6.07, 6.45) is 0. The summed E-state index contributed by atoms with van der Waals surface area (Å²) >= 11 is 0. The number of fused-ring (bicyclic) bond motifs is 2. The van der Waals surface area contributed by atoms with E-state index in [4.69, 9.17) is 8.85 Å². The molecule has 0 amide bonds. The summed E-state index contributed by atoms with van der Waals surface area (Å²) in [6, 6.07) is 62.2. The van der Waals surface area contributed by atoms with E-state index in [2.05, 4.69) is 187 Å². The zero-order chi connectivity index (χ0) is 43.2. The average molecular weight is 841 g/mol. The molecular weight excluding hydrogens is 793 g/mol. The van der Waals surface area contributed by atoms with Gasteiger partial charge in [0.15, 0.2) is 17.3 Å². The fourth-order valence-corrected chi connectivity index (χ4v) is 16.2. The number of carbonyl (C=O) groups is 2. The summed E-state index contributed by atoms with van der Waals surface area (Å²) in [5.74, 6) is 0.176. The molecule has 1 aliphatic carbocycles. The first-order valence-electron chi connectivity index (χ1n) is 21.1. The number of benzene rings is 8. The van der Waals surface area contributed by atoms with Gasteiger partial charge >= 0.3 is 16.6 Å². The van der Waals surface area contributed by atoms with Crippen LogP contribution in [0.4, 0.5) is 0 Å². The second-order valence-corrected chi connectivity index (χ2v) is 23.4. The van der Waals surface area contributed by atoms with E-state index in [9.17, 15) is 4.79 Å². The van der Waals surface area contributed by atoms with Crippen LogP contribution in [-0.2, 0) is 0 Å². The smallest absolute Gasteiger partial charge is 0.347 e. The van der Waals surface area contributed by atoms with Crippen LogP contribution in [0, 0.1) is 41.5 Å². The Morgan fingerprint density at radius 1 is 0.306 bits per heavy atom. The third-order valence-corrected chi connectivity index (χ3v) is 20.2. The van der Waals surface area contributed by atoms with Gasteiger partial charge in [0, 0.05) is 16.7 Å². The molecule has 0 radical (unpaired) electrons. The summed E-state index contributed by atoms with van der Waals surface area (Å²) in [4.78, 5) is 29.9. The highest BCUT2D eigenvalue weighted by Crippen LogP contribution is 2.42. The third kappa shape index (κ3) is 7.05. The Morgan fingerprint density at radius 2 is 0.597 bits per heavy atom. The van der Waals surface area contributed by atoms with E-state index < -0.39 is 16.6 Å². The van der Waals surface area contributed by atoms with Crippen LogP contribution in [0.3, 0.4) is 0 Å². The average Bonchev–Trinajstić information content (AvgIpc) is 3.29. The van der Waals surface area contributed by atoms with E-state index in [-0.39, 0.29) is 22.9 Å². The summed E-state index contributed by atoms with van der Waals surface area (Å²) < 4.78 is 15.9. The molecule has 0 saturated heterocycles. The van der Waals surface area contributed by atoms with Crippen LogP contribution in [0.1, 0.15) is 65.2 Å². The third-order valence-electron chi connectivity index (χ3n) is 12.3. The van der Waals surface area contributed by atoms with Crippen LogP contribution in [-0.4, -0.2) is 28.2 Å². The predicted molar refractivity (Wildman–Crippen MR) is 257 cm³/mol. The molecule has 0 aliphatic heterocycles. The normalized spacial score (nSPS) is 12.4. The molecule has 0 heterocycles. The van der Waals surface area contributed by atoms with E-state index in [0.29, 0.717) is 22.4 Å². The lowest BCUT2D eigenvalue weighted by atomic mass is 9.83. The van der Waals surface area contributed by atoms with Gasteiger partial charge < -0.3 is 8.85 Å². The monoisotopic (exact) mass is 840 g/mol. The van der Waals surface area contributed by atoms with Gasteiger partial charge in [0.25, 0.3) is 0 Å². The molecule has 0 bridgehead atoms. The quantitative estimate of drug-likeness (QED) is 0.103. The van der Waals surface area contributed by atoms with E-state index in [1.165, 1.54) is 0 Å². The Kier molecular flexibility index (Phi) is 10.6. The maximum Gasteiger partial charge on any atom is 0.347 e. The number of carbonyl (C=O) groups excluding carboxylic acids is 2. The lowest BCUT2D eigenvalue weighted by molar-refractivity contribution is 0.0977. The second-order valence-electron chi connectivity index (χ2n) is 16.8. The first kappa shape index (κ1) is 40.5. The minimum Gasteiger partial charge on any atom is -0.528 e. The highest BCUT2D eigenvalue weighted by atomic mass is 28.4. The standard InChI is InChI=1S/C56H48O4Si2/c1-37-11-23-43(24-12-37)61(44-25-13-38(2)14-26-44,45-27-15-39(3)16-28-45)59-52-36-35-51-53(55(58)50-10-8-7-9-49(50)54(51)57)56(52)60-62(46-29-17-40(4)18-30-46,47-31-19-41(5)20-32-47)48-33-21-42(6)22-34-48/h7-36H,1-6H3. The van der Waals surface area contributed by atoms with Gasteiger partial charge in [0.05, 0.1) is 5.56 Å². The molecule has 0 atom stereocenters. The molecule has 0 unspecified atom stereocenters. The highest BCUT2D eigenvalue weighted by molar-refractivity contribution is 7.08. The Hall–Kier alpha value is -6.87. The Labute approximate surface area is 366 Å². The molecule has 62 heavy (non-hydrogen) atoms. The van der Waals surface area contributed by atoms with Crippen molar-refractivity contribution >= 4 is 59.3 Å². The molecule has 8 aromatic carbocycles. The van der Waals surface area contributed by atoms with Gasteiger partial charge in [0.1, 0.15) is 5.75 Å². The van der Waals surface area contributed by atoms with Gasteiger partial charge in [-0.15, -0.1) is 0 Å². The molecule has 9 rings (SSSR count). The van der Waals surface area contributed by atoms with Gasteiger partial charge in [-0.05, 0) is 84.8 Å². The van der Waals surface area contributed by atoms with Crippen molar-refractivity contribution in [3.05, 3.63) is 238 Å². The predicted octanol–water partition coefficient (Wildman–Crippen LogP) is 8.40. The van der Waals surface area contributed by atoms with E-state index in [1.807, 2.05) is 12.1 Å². The van der Waals surface area contributed by atoms with Crippen LogP contribution in [0.25, 0.3) is 0 Å². The zero-order valence-corrected chi connectivity index (χ0v) is 38.0. The fraction of sp³-hybridized carbons (Fsp3) is 0.107. The largest absolute Gasteiger partial charge is 0.528 e. The summed E-state index contributed by atoms with van der Waals surface area (Å²) in [6.45, 7) is 12.5. The van der Waals surface area contributed by atoms with E-state index >= 15 is 4.79 Å². The fourth-order valence-electron chi connectivity index (χ4n) is 8.72. The Bertz CT molecular complexity index is 2730. The lowest BCUT2D eigenvalue weighted by Crippen LogP contribution is -2.72. The van der Waals surface area contributed by atoms with Crippen molar-refractivity contribution in [2.75, 3.05) is 0 Å². The van der Waals surface area contributed by atoms with Crippen molar-refractivity contribution in [2.45, 2.75) is 41.5 Å². The number of hydrogen-bond acceptors (Lipinski definition) is 4. The van der Waals surface area contributed by atoms with Crippen molar-refractivity contribution in [3.8, 4) is 11.5 Å². The molecule has 8 aromatic rings. The van der Waals surface area contributed by atoms with Gasteiger partial charge in [-0.2, -0.15) is 0 Å². The van der Waals surface area contributed by atoms with Crippen LogP contribution >= 0.6 is 0 Å². The van der Waals surface area contributed by atoms with Crippen LogP contribution in [0.15, 0.2) is 182 Å². The van der Waals surface area contributed by atoms with Crippen molar-refractivity contribution in [1.82, 2.24) is 0 Å². The Balaban J connectivity index is 1.40. The molecule has 0 saturated carbocycles. The highest BCUT2D eigenvalue weighted by Gasteiger charge is 2.49. The Morgan fingerprint density at radius 3 is 0.919 bits per heavy atom. The van der Waals surface area contributed by atoms with Crippen LogP contribution in [0.2, 0.25) is 0 Å². The zero-order valence-electron chi connectivity index (χ0n) is 36.0. The molecule has 0 aromatic heterocycles. The molecular formula is C56H48O4Si2. The molecule has 1 aliphatic rings. The number of rotatable bonds is 10. The molecule has 0 N–H and O–H groups in total. The topological polar surface area (TPSA) is 52.6 Å². The van der Waals surface area contributed by atoms with Crippen molar-refractivity contribution in [3.63, 3.8) is 0 Å². The van der Waals surface area contributed by atoms with E-state index in [1.54, 1.807) is 24.3 Å². The second kappa shape index (κ2) is 16.2. The first-order valence-corrected chi connectivity index (χ1v) is 25.0. The maximum absolute atomic E-state index is 15.3. The van der Waals surface area contributed by atoms with Crippen molar-refractivity contribution < 1.29 is 18.4 Å². The summed E-state index contributed by atoms with van der Waals surface area (Å²) in [7, 11) is -7.15. The SMILES string of the molecule is Cc1ccc([Si](Oc2ccc3c(c2O[Si](c2ccc(C)cc2)(c2ccc(C)cc2)c2ccc(C)cc2)C(=O)c2ccccc2C3=O)(c2ccc(C)cc2)c2ccc(C)cc2)cc1. The van der Waals surface area contributed by atoms with Gasteiger partial charge in [-0.25, -0.2) is 0 Å². The van der Waals surface area contributed by atoms with Gasteiger partial charge in [-0.1, -0.05) is 203 Å². The van der Waals surface area contributed by atoms with Crippen LogP contribution in [0.5, 0.6) is 11.5 Å². The maximum atomic E-state index is 15.3. The minimum atomic E-state index is -3.63. The van der Waals surface area contributed by atoms with Gasteiger partial charge in [-0.3, -0.25) is 9.59 Å². The van der Waals surface area contributed by atoms with Crippen LogP contribution < -0.4 is 40.0 Å². The van der Waals surface area contributed by atoms with Gasteiger partial charge in [0.2, 0.25) is 0 Å². The lowest BCUT2D eigenvalue weighted by Gasteiger charge is -2.38. The molecule has 0 fully saturated rings.